The Morgan fingerprint density at radius 1 is 1.45 bits per heavy atom. The van der Waals surface area contributed by atoms with Crippen molar-refractivity contribution in [3.63, 3.8) is 0 Å². The van der Waals surface area contributed by atoms with Gasteiger partial charge in [-0.2, -0.15) is 5.10 Å². The lowest BCUT2D eigenvalue weighted by Gasteiger charge is -2.20. The van der Waals surface area contributed by atoms with Gasteiger partial charge in [-0.15, -0.1) is 0 Å². The molecule has 2 aliphatic rings. The molecule has 2 heterocycles. The number of hydrogen-bond acceptors (Lipinski definition) is 4. The number of rotatable bonds is 5. The topological polar surface area (TPSA) is 50.2 Å². The van der Waals surface area contributed by atoms with Gasteiger partial charge in [-0.1, -0.05) is 0 Å². The monoisotopic (exact) mass is 340 g/mol. The van der Waals surface area contributed by atoms with Gasteiger partial charge in [-0.25, -0.2) is 4.68 Å². The maximum Gasteiger partial charge on any atom is 0.283 e. The normalized spacial score (nSPS) is 23.2. The van der Waals surface area contributed by atoms with Crippen molar-refractivity contribution in [2.24, 2.45) is 5.92 Å². The highest BCUT2D eigenvalue weighted by atomic mass is 79.9. The van der Waals surface area contributed by atoms with Crippen molar-refractivity contribution in [2.45, 2.75) is 38.3 Å². The van der Waals surface area contributed by atoms with Gasteiger partial charge < -0.3 is 10.2 Å². The molecule has 1 saturated heterocycles. The average Bonchev–Trinajstić information content (AvgIpc) is 3.16. The lowest BCUT2D eigenvalue weighted by Crippen LogP contribution is -2.32. The Morgan fingerprint density at radius 2 is 2.25 bits per heavy atom. The lowest BCUT2D eigenvalue weighted by atomic mass is 10.2. The molecule has 0 radical (unpaired) electrons. The highest BCUT2D eigenvalue weighted by molar-refractivity contribution is 9.10. The van der Waals surface area contributed by atoms with E-state index in [9.17, 15) is 4.79 Å². The molecule has 6 heteroatoms. The quantitative estimate of drug-likeness (QED) is 0.889. The molecular weight excluding hydrogens is 320 g/mol. The summed E-state index contributed by atoms with van der Waals surface area (Å²) >= 11 is 3.42. The number of likely N-dealkylation sites (tertiary alicyclic amines) is 1. The highest BCUT2D eigenvalue weighted by Gasteiger charge is 2.24. The van der Waals surface area contributed by atoms with Crippen LogP contribution in [0.1, 0.15) is 25.7 Å². The van der Waals surface area contributed by atoms with Crippen LogP contribution in [0.5, 0.6) is 0 Å². The summed E-state index contributed by atoms with van der Waals surface area (Å²) in [6.45, 7) is 2.78. The molecule has 1 aliphatic heterocycles. The maximum absolute atomic E-state index is 12.2. The van der Waals surface area contributed by atoms with E-state index in [1.54, 1.807) is 10.9 Å². The van der Waals surface area contributed by atoms with Crippen LogP contribution in [0.3, 0.4) is 0 Å². The number of likely N-dealkylation sites (N-methyl/N-ethyl adjacent to an activating group) is 1. The van der Waals surface area contributed by atoms with Gasteiger partial charge in [0.1, 0.15) is 4.47 Å². The van der Waals surface area contributed by atoms with Crippen molar-refractivity contribution >= 4 is 21.6 Å². The van der Waals surface area contributed by atoms with Gasteiger partial charge in [-0.05, 0) is 61.1 Å². The molecule has 2 fully saturated rings. The molecule has 0 spiro atoms. The Morgan fingerprint density at radius 3 is 2.90 bits per heavy atom. The van der Waals surface area contributed by atoms with Gasteiger partial charge in [0.05, 0.1) is 11.9 Å². The molecule has 0 bridgehead atoms. The first-order chi connectivity index (χ1) is 9.65. The van der Waals surface area contributed by atoms with E-state index in [1.807, 2.05) is 0 Å². The van der Waals surface area contributed by atoms with E-state index in [2.05, 4.69) is 38.3 Å². The predicted molar refractivity (Wildman–Crippen MR) is 83.1 cm³/mol. The van der Waals surface area contributed by atoms with Gasteiger partial charge in [-0.3, -0.25) is 4.79 Å². The third-order valence-corrected chi connectivity index (χ3v) is 5.08. The number of anilines is 1. The fourth-order valence-electron chi connectivity index (χ4n) is 2.73. The summed E-state index contributed by atoms with van der Waals surface area (Å²) in [7, 11) is 2.15. The summed E-state index contributed by atoms with van der Waals surface area (Å²) < 4.78 is 2.18. The molecule has 1 aromatic rings. The summed E-state index contributed by atoms with van der Waals surface area (Å²) in [5.74, 6) is 0.651. The van der Waals surface area contributed by atoms with Crippen LogP contribution in [0.15, 0.2) is 15.5 Å². The summed E-state index contributed by atoms with van der Waals surface area (Å²) in [6, 6.07) is 0.552. The first kappa shape index (κ1) is 14.1. The smallest absolute Gasteiger partial charge is 0.283 e. The zero-order chi connectivity index (χ0) is 14.1. The van der Waals surface area contributed by atoms with E-state index >= 15 is 0 Å². The fourth-order valence-corrected chi connectivity index (χ4v) is 3.18. The first-order valence-electron chi connectivity index (χ1n) is 7.35. The van der Waals surface area contributed by atoms with Crippen LogP contribution >= 0.6 is 15.9 Å². The largest absolute Gasteiger partial charge is 0.381 e. The third-order valence-electron chi connectivity index (χ3n) is 4.31. The van der Waals surface area contributed by atoms with Crippen LogP contribution < -0.4 is 10.9 Å². The molecule has 110 valence electrons. The van der Waals surface area contributed by atoms with Crippen molar-refractivity contribution in [3.05, 3.63) is 21.0 Å². The minimum atomic E-state index is -0.0262. The Balaban J connectivity index is 1.67. The van der Waals surface area contributed by atoms with Crippen LogP contribution in [0, 0.1) is 5.92 Å². The second kappa shape index (κ2) is 5.85. The molecular formula is C14H21BrN4O. The molecule has 0 aromatic carbocycles. The molecule has 5 nitrogen and oxygen atoms in total. The molecule has 1 atom stereocenters. The van der Waals surface area contributed by atoms with Crippen LogP contribution in [0.2, 0.25) is 0 Å². The zero-order valence-corrected chi connectivity index (χ0v) is 13.4. The Bertz CT molecular complexity index is 540. The molecule has 1 N–H and O–H groups in total. The Hall–Kier alpha value is -0.880. The van der Waals surface area contributed by atoms with Gasteiger partial charge in [0.2, 0.25) is 0 Å². The number of nitrogens with zero attached hydrogens (tertiary/aromatic N) is 3. The second-order valence-electron chi connectivity index (χ2n) is 5.96. The van der Waals surface area contributed by atoms with E-state index in [4.69, 9.17) is 0 Å². The summed E-state index contributed by atoms with van der Waals surface area (Å²) in [5.41, 5.74) is 0.782. The summed E-state index contributed by atoms with van der Waals surface area (Å²) in [6.07, 6.45) is 6.68. The van der Waals surface area contributed by atoms with Crippen molar-refractivity contribution in [1.82, 2.24) is 14.7 Å². The number of halogens is 1. The van der Waals surface area contributed by atoms with Crippen LogP contribution in [0.4, 0.5) is 5.69 Å². The number of hydrogen-bond donors (Lipinski definition) is 1. The number of aromatic nitrogens is 2. The van der Waals surface area contributed by atoms with Crippen LogP contribution in [0.25, 0.3) is 0 Å². The molecule has 1 unspecified atom stereocenters. The standard InChI is InChI=1S/C14H21BrN4O/c1-18-6-2-3-11(18)7-16-12-8-17-19(9-10-4-5-10)14(20)13(12)15/h8,10-11,16H,2-7,9H2,1H3. The van der Waals surface area contributed by atoms with Crippen molar-refractivity contribution in [1.29, 1.82) is 0 Å². The van der Waals surface area contributed by atoms with Gasteiger partial charge in [0, 0.05) is 19.1 Å². The minimum Gasteiger partial charge on any atom is -0.381 e. The average molecular weight is 341 g/mol. The molecule has 1 aromatic heterocycles. The number of nitrogens with one attached hydrogen (secondary N) is 1. The van der Waals surface area contributed by atoms with Crippen molar-refractivity contribution in [3.8, 4) is 0 Å². The van der Waals surface area contributed by atoms with Crippen molar-refractivity contribution in [2.75, 3.05) is 25.5 Å². The summed E-state index contributed by atoms with van der Waals surface area (Å²) in [5, 5.41) is 7.64. The second-order valence-corrected chi connectivity index (χ2v) is 6.75. The van der Waals surface area contributed by atoms with Crippen LogP contribution in [-0.4, -0.2) is 40.9 Å². The molecule has 20 heavy (non-hydrogen) atoms. The van der Waals surface area contributed by atoms with Crippen molar-refractivity contribution < 1.29 is 0 Å². The highest BCUT2D eigenvalue weighted by Crippen LogP contribution is 2.30. The predicted octanol–water partition coefficient (Wildman–Crippen LogP) is 1.92. The fraction of sp³-hybridized carbons (Fsp3) is 0.714. The van der Waals surface area contributed by atoms with E-state index < -0.39 is 0 Å². The Kier molecular flexibility index (Phi) is 4.12. The molecule has 1 aliphatic carbocycles. The maximum atomic E-state index is 12.2. The first-order valence-corrected chi connectivity index (χ1v) is 8.14. The van der Waals surface area contributed by atoms with E-state index in [0.29, 0.717) is 16.4 Å². The molecule has 1 saturated carbocycles. The van der Waals surface area contributed by atoms with E-state index in [0.717, 1.165) is 25.3 Å². The van der Waals surface area contributed by atoms with E-state index in [-0.39, 0.29) is 5.56 Å². The molecule has 3 rings (SSSR count). The van der Waals surface area contributed by atoms with Gasteiger partial charge in [0.25, 0.3) is 5.56 Å². The third kappa shape index (κ3) is 3.06. The zero-order valence-electron chi connectivity index (χ0n) is 11.8. The van der Waals surface area contributed by atoms with Gasteiger partial charge in [0.15, 0.2) is 0 Å². The van der Waals surface area contributed by atoms with Crippen LogP contribution in [-0.2, 0) is 6.54 Å². The lowest BCUT2D eigenvalue weighted by molar-refractivity contribution is 0.322. The minimum absolute atomic E-state index is 0.0262. The van der Waals surface area contributed by atoms with E-state index in [1.165, 1.54) is 25.7 Å². The Labute approximate surface area is 127 Å². The summed E-state index contributed by atoms with van der Waals surface area (Å²) in [4.78, 5) is 14.6. The molecule has 0 amide bonds. The SMILES string of the molecule is CN1CCCC1CNc1cnn(CC2CC2)c(=O)c1Br. The van der Waals surface area contributed by atoms with Gasteiger partial charge >= 0.3 is 0 Å².